The number of hydrogen-bond acceptors (Lipinski definition) is 6. The fourth-order valence-electron chi connectivity index (χ4n) is 4.73. The molecule has 9 nitrogen and oxygen atoms in total. The number of benzene rings is 2. The van der Waals surface area contributed by atoms with Crippen molar-refractivity contribution < 1.29 is 27.8 Å². The summed E-state index contributed by atoms with van der Waals surface area (Å²) in [7, 11) is 1.25. The van der Waals surface area contributed by atoms with Crippen molar-refractivity contribution in [2.45, 2.75) is 25.4 Å². The van der Waals surface area contributed by atoms with Gasteiger partial charge < -0.3 is 30.0 Å². The van der Waals surface area contributed by atoms with Gasteiger partial charge in [0.25, 0.3) is 11.8 Å². The molecule has 40 heavy (non-hydrogen) atoms. The van der Waals surface area contributed by atoms with Crippen LogP contribution in [0.4, 0.5) is 14.5 Å². The number of aromatic amines is 1. The molecule has 0 spiro atoms. The number of rotatable bonds is 9. The number of carbonyl (C=O) groups is 2. The Morgan fingerprint density at radius 2 is 1.93 bits per heavy atom. The maximum atomic E-state index is 14.3. The number of H-pyrrole nitrogens is 1. The standard InChI is InChI=1S/C28H30ClF2N5O4/c1-39-23-5-2-17(24(30)25(23)31)10-19-14-33-26(34-19)27(37)35-18-3-4-21(22(29)11-18)28(38)36-8-6-20(7-9-36)40-15-16-12-32-13-16/h2-5,11,14,16,20,32H,6-10,12-13,15H2,1H3,(H,33,34)(H,35,37). The number of ether oxygens (including phenoxy) is 2. The van der Waals surface area contributed by atoms with Gasteiger partial charge >= 0.3 is 0 Å². The minimum atomic E-state index is -1.08. The highest BCUT2D eigenvalue weighted by atomic mass is 35.5. The van der Waals surface area contributed by atoms with Gasteiger partial charge in [-0.25, -0.2) is 9.37 Å². The molecule has 12 heteroatoms. The van der Waals surface area contributed by atoms with E-state index in [4.69, 9.17) is 21.1 Å². The molecule has 2 amide bonds. The highest BCUT2D eigenvalue weighted by Crippen LogP contribution is 2.26. The summed E-state index contributed by atoms with van der Waals surface area (Å²) in [5.41, 5.74) is 1.24. The molecule has 2 aromatic carbocycles. The second kappa shape index (κ2) is 12.3. The quantitative estimate of drug-likeness (QED) is 0.357. The molecule has 2 aliphatic rings. The zero-order valence-corrected chi connectivity index (χ0v) is 22.7. The molecular formula is C28H30ClF2N5O4. The third-order valence-electron chi connectivity index (χ3n) is 7.19. The van der Waals surface area contributed by atoms with Crippen LogP contribution >= 0.6 is 11.6 Å². The number of anilines is 1. The average molecular weight is 574 g/mol. The Labute approximate surface area is 235 Å². The van der Waals surface area contributed by atoms with E-state index in [0.29, 0.717) is 36.0 Å². The number of halogens is 3. The van der Waals surface area contributed by atoms with Crippen LogP contribution in [0.15, 0.2) is 36.5 Å². The van der Waals surface area contributed by atoms with Crippen LogP contribution in [0.3, 0.4) is 0 Å². The molecular weight excluding hydrogens is 544 g/mol. The Morgan fingerprint density at radius 1 is 1.15 bits per heavy atom. The molecule has 0 bridgehead atoms. The summed E-state index contributed by atoms with van der Waals surface area (Å²) in [6.45, 7) is 3.95. The van der Waals surface area contributed by atoms with Crippen LogP contribution in [0.1, 0.15) is 45.1 Å². The number of carbonyl (C=O) groups excluding carboxylic acids is 2. The summed E-state index contributed by atoms with van der Waals surface area (Å²) in [6.07, 6.45) is 3.10. The molecule has 0 aliphatic carbocycles. The number of nitrogens with zero attached hydrogens (tertiary/aromatic N) is 2. The van der Waals surface area contributed by atoms with E-state index in [9.17, 15) is 18.4 Å². The molecule has 3 aromatic rings. The lowest BCUT2D eigenvalue weighted by molar-refractivity contribution is -0.0142. The van der Waals surface area contributed by atoms with Crippen LogP contribution in [0.25, 0.3) is 0 Å². The van der Waals surface area contributed by atoms with Gasteiger partial charge in [0.2, 0.25) is 5.82 Å². The molecule has 1 aromatic heterocycles. The van der Waals surface area contributed by atoms with Gasteiger partial charge in [-0.2, -0.15) is 4.39 Å². The van der Waals surface area contributed by atoms with Crippen LogP contribution in [0.2, 0.25) is 5.02 Å². The highest BCUT2D eigenvalue weighted by molar-refractivity contribution is 6.34. The summed E-state index contributed by atoms with van der Waals surface area (Å²) in [4.78, 5) is 34.4. The van der Waals surface area contributed by atoms with E-state index in [2.05, 4.69) is 20.6 Å². The number of amides is 2. The molecule has 2 saturated heterocycles. The van der Waals surface area contributed by atoms with Crippen molar-refractivity contribution in [3.63, 3.8) is 0 Å². The maximum absolute atomic E-state index is 14.3. The van der Waals surface area contributed by atoms with Crippen molar-refractivity contribution in [3.8, 4) is 5.75 Å². The zero-order chi connectivity index (χ0) is 28.2. The van der Waals surface area contributed by atoms with Crippen molar-refractivity contribution >= 4 is 29.1 Å². The van der Waals surface area contributed by atoms with E-state index in [0.717, 1.165) is 32.5 Å². The van der Waals surface area contributed by atoms with Gasteiger partial charge in [-0.1, -0.05) is 17.7 Å². The predicted octanol–water partition coefficient (Wildman–Crippen LogP) is 4.03. The first-order valence-electron chi connectivity index (χ1n) is 13.1. The third-order valence-corrected chi connectivity index (χ3v) is 7.50. The number of likely N-dealkylation sites (tertiary alicyclic amines) is 1. The maximum Gasteiger partial charge on any atom is 0.291 e. The van der Waals surface area contributed by atoms with Gasteiger partial charge in [-0.05, 0) is 42.7 Å². The van der Waals surface area contributed by atoms with Crippen molar-refractivity contribution in [1.29, 1.82) is 0 Å². The summed E-state index contributed by atoms with van der Waals surface area (Å²) in [6, 6.07) is 7.43. The molecule has 2 aliphatic heterocycles. The van der Waals surface area contributed by atoms with Gasteiger partial charge in [0.05, 0.1) is 30.4 Å². The van der Waals surface area contributed by atoms with E-state index in [-0.39, 0.29) is 40.6 Å². The second-order valence-corrected chi connectivity index (χ2v) is 10.4. The van der Waals surface area contributed by atoms with E-state index in [1.165, 1.54) is 31.5 Å². The highest BCUT2D eigenvalue weighted by Gasteiger charge is 2.27. The van der Waals surface area contributed by atoms with E-state index in [1.807, 2.05) is 0 Å². The minimum absolute atomic E-state index is 0.00294. The van der Waals surface area contributed by atoms with Gasteiger partial charge in [0, 0.05) is 56.1 Å². The number of imidazole rings is 1. The number of hydrogen-bond donors (Lipinski definition) is 3. The van der Waals surface area contributed by atoms with E-state index >= 15 is 0 Å². The van der Waals surface area contributed by atoms with Crippen LogP contribution in [0, 0.1) is 17.6 Å². The predicted molar refractivity (Wildman–Crippen MR) is 145 cm³/mol. The molecule has 2 fully saturated rings. The third kappa shape index (κ3) is 6.27. The molecule has 0 saturated carbocycles. The van der Waals surface area contributed by atoms with Crippen LogP contribution in [-0.2, 0) is 11.2 Å². The Bertz CT molecular complexity index is 1390. The van der Waals surface area contributed by atoms with Gasteiger partial charge in [0.15, 0.2) is 17.4 Å². The van der Waals surface area contributed by atoms with Crippen molar-refractivity contribution in [2.75, 3.05) is 45.2 Å². The van der Waals surface area contributed by atoms with Crippen molar-refractivity contribution in [1.82, 2.24) is 20.2 Å². The first kappa shape index (κ1) is 28.0. The summed E-state index contributed by atoms with van der Waals surface area (Å²) in [5, 5.41) is 6.13. The van der Waals surface area contributed by atoms with Crippen molar-refractivity contribution in [3.05, 3.63) is 75.8 Å². The number of piperidine rings is 1. The topological polar surface area (TPSA) is 109 Å². The molecule has 3 heterocycles. The fourth-order valence-corrected chi connectivity index (χ4v) is 4.99. The van der Waals surface area contributed by atoms with Crippen LogP contribution < -0.4 is 15.4 Å². The summed E-state index contributed by atoms with van der Waals surface area (Å²) >= 11 is 6.42. The Morgan fingerprint density at radius 3 is 2.60 bits per heavy atom. The Hall–Kier alpha value is -3.54. The van der Waals surface area contributed by atoms with Gasteiger partial charge in [0.1, 0.15) is 0 Å². The largest absolute Gasteiger partial charge is 0.494 e. The number of methoxy groups -OCH3 is 1. The fraction of sp³-hybridized carbons (Fsp3) is 0.393. The minimum Gasteiger partial charge on any atom is -0.494 e. The van der Waals surface area contributed by atoms with Crippen LogP contribution in [0.5, 0.6) is 5.75 Å². The van der Waals surface area contributed by atoms with Gasteiger partial charge in [-0.15, -0.1) is 0 Å². The Balaban J connectivity index is 1.15. The lowest BCUT2D eigenvalue weighted by Gasteiger charge is -2.34. The Kier molecular flexibility index (Phi) is 8.63. The van der Waals surface area contributed by atoms with E-state index < -0.39 is 17.5 Å². The average Bonchev–Trinajstić information content (AvgIpc) is 3.39. The van der Waals surface area contributed by atoms with Crippen LogP contribution in [-0.4, -0.2) is 72.7 Å². The molecule has 0 unspecified atom stereocenters. The smallest absolute Gasteiger partial charge is 0.291 e. The second-order valence-electron chi connectivity index (χ2n) is 9.99. The number of nitrogens with one attached hydrogen (secondary N) is 3. The summed E-state index contributed by atoms with van der Waals surface area (Å²) < 4.78 is 39.1. The monoisotopic (exact) mass is 573 g/mol. The number of aromatic nitrogens is 2. The first-order chi connectivity index (χ1) is 19.3. The van der Waals surface area contributed by atoms with E-state index in [1.54, 1.807) is 17.0 Å². The SMILES string of the molecule is COc1ccc(Cc2cnc(C(=O)Nc3ccc(C(=O)N4CCC(OCC5CNC5)CC4)c(Cl)c3)[nH]2)c(F)c1F. The van der Waals surface area contributed by atoms with Gasteiger partial charge in [-0.3, -0.25) is 9.59 Å². The molecule has 212 valence electrons. The zero-order valence-electron chi connectivity index (χ0n) is 21.9. The molecule has 5 rings (SSSR count). The molecule has 0 atom stereocenters. The summed E-state index contributed by atoms with van der Waals surface area (Å²) in [5.74, 6) is -2.44. The first-order valence-corrected chi connectivity index (χ1v) is 13.5. The normalized spacial score (nSPS) is 16.1. The lowest BCUT2D eigenvalue weighted by Crippen LogP contribution is -2.46. The molecule has 0 radical (unpaired) electrons. The molecule has 3 N–H and O–H groups in total. The lowest BCUT2D eigenvalue weighted by atomic mass is 10.0. The van der Waals surface area contributed by atoms with Crippen molar-refractivity contribution in [2.24, 2.45) is 5.92 Å².